The van der Waals surface area contributed by atoms with E-state index in [-0.39, 0.29) is 22.9 Å². The van der Waals surface area contributed by atoms with E-state index in [0.717, 1.165) is 24.0 Å². The molecule has 0 amide bonds. The van der Waals surface area contributed by atoms with E-state index in [2.05, 4.69) is 6.92 Å². The summed E-state index contributed by atoms with van der Waals surface area (Å²) in [6, 6.07) is 0. The Labute approximate surface area is 139 Å². The minimum Gasteiger partial charge on any atom is -0.385 e. The van der Waals surface area contributed by atoms with Crippen LogP contribution in [0.4, 0.5) is 0 Å². The third-order valence-electron chi connectivity index (χ3n) is 5.99. The van der Waals surface area contributed by atoms with Gasteiger partial charge in [0.05, 0.1) is 5.60 Å². The molecule has 0 aromatic heterocycles. The molecule has 0 saturated heterocycles. The van der Waals surface area contributed by atoms with Crippen LogP contribution in [-0.2, 0) is 9.59 Å². The van der Waals surface area contributed by atoms with Crippen LogP contribution >= 0.6 is 0 Å². The summed E-state index contributed by atoms with van der Waals surface area (Å²) in [6.45, 7) is 9.89. The first kappa shape index (κ1) is 18.1. The molecule has 4 atom stereocenters. The second kappa shape index (κ2) is 6.35. The number of hydrogen-bond acceptors (Lipinski definition) is 3. The Morgan fingerprint density at radius 2 is 2.13 bits per heavy atom. The molecular formula is C20H30O3. The average Bonchev–Trinajstić information content (AvgIpc) is 2.39. The van der Waals surface area contributed by atoms with Crippen LogP contribution in [0.2, 0.25) is 0 Å². The zero-order valence-corrected chi connectivity index (χ0v) is 15.1. The van der Waals surface area contributed by atoms with E-state index < -0.39 is 5.60 Å². The molecule has 128 valence electrons. The van der Waals surface area contributed by atoms with Crippen LogP contribution < -0.4 is 0 Å². The topological polar surface area (TPSA) is 54.4 Å². The average molecular weight is 318 g/mol. The smallest absolute Gasteiger partial charge is 0.156 e. The summed E-state index contributed by atoms with van der Waals surface area (Å²) < 4.78 is 0. The Hall–Kier alpha value is -1.22. The molecule has 1 saturated carbocycles. The second-order valence-electron chi connectivity index (χ2n) is 8.26. The maximum Gasteiger partial charge on any atom is 0.156 e. The highest BCUT2D eigenvalue weighted by molar-refractivity contribution is 5.92. The number of carbonyl (C=O) groups excluding carboxylic acids is 2. The number of carbonyl (C=O) groups is 2. The van der Waals surface area contributed by atoms with Gasteiger partial charge in [0.2, 0.25) is 0 Å². The van der Waals surface area contributed by atoms with Crippen molar-refractivity contribution in [1.82, 2.24) is 0 Å². The number of aliphatic hydroxyl groups is 1. The lowest BCUT2D eigenvalue weighted by molar-refractivity contribution is -0.137. The largest absolute Gasteiger partial charge is 0.385 e. The molecule has 2 aliphatic rings. The predicted molar refractivity (Wildman–Crippen MR) is 92.0 cm³/mol. The van der Waals surface area contributed by atoms with E-state index >= 15 is 0 Å². The van der Waals surface area contributed by atoms with Gasteiger partial charge in [-0.15, -0.1) is 0 Å². The van der Waals surface area contributed by atoms with Gasteiger partial charge in [-0.25, -0.2) is 0 Å². The standard InChI is InChI=1S/C20H30O3/c1-13(2)8-17(21)9-14(3)16-6-7-19(5)12-18(22)10-15(4)20(19,23)11-16/h8,10,14,16,23H,6-7,9,11-12H2,1-5H3/t14-,16+,19-,20-/m1/s1. The highest BCUT2D eigenvalue weighted by Gasteiger charge is 2.55. The van der Waals surface area contributed by atoms with E-state index in [1.807, 2.05) is 27.7 Å². The Bertz CT molecular complexity index is 567. The summed E-state index contributed by atoms with van der Waals surface area (Å²) in [5.41, 5.74) is 0.561. The lowest BCUT2D eigenvalue weighted by Gasteiger charge is -2.54. The van der Waals surface area contributed by atoms with Crippen LogP contribution in [0.1, 0.15) is 66.7 Å². The van der Waals surface area contributed by atoms with Gasteiger partial charge < -0.3 is 5.11 Å². The van der Waals surface area contributed by atoms with Crippen LogP contribution in [0.15, 0.2) is 23.3 Å². The molecule has 0 spiro atoms. The van der Waals surface area contributed by atoms with E-state index in [4.69, 9.17) is 0 Å². The fourth-order valence-corrected chi connectivity index (χ4v) is 4.46. The molecule has 3 nitrogen and oxygen atoms in total. The van der Waals surface area contributed by atoms with Gasteiger partial charge in [-0.2, -0.15) is 0 Å². The normalized spacial score (nSPS) is 35.1. The molecule has 0 aliphatic heterocycles. The van der Waals surface area contributed by atoms with Crippen LogP contribution in [0.3, 0.4) is 0 Å². The quantitative estimate of drug-likeness (QED) is 0.797. The van der Waals surface area contributed by atoms with Crippen molar-refractivity contribution in [2.24, 2.45) is 17.3 Å². The third kappa shape index (κ3) is 3.50. The molecule has 2 rings (SSSR count). The first-order chi connectivity index (χ1) is 10.6. The molecular weight excluding hydrogens is 288 g/mol. The van der Waals surface area contributed by atoms with Crippen LogP contribution in [-0.4, -0.2) is 22.3 Å². The summed E-state index contributed by atoms with van der Waals surface area (Å²) in [6.07, 6.45) is 6.76. The van der Waals surface area contributed by atoms with Crippen molar-refractivity contribution >= 4 is 11.6 Å². The van der Waals surface area contributed by atoms with Gasteiger partial charge in [-0.05, 0) is 69.6 Å². The summed E-state index contributed by atoms with van der Waals surface area (Å²) in [4.78, 5) is 23.9. The van der Waals surface area contributed by atoms with Crippen molar-refractivity contribution in [2.45, 2.75) is 72.3 Å². The van der Waals surface area contributed by atoms with Crippen molar-refractivity contribution in [3.8, 4) is 0 Å². The maximum atomic E-state index is 12.0. The van der Waals surface area contributed by atoms with Crippen molar-refractivity contribution in [1.29, 1.82) is 0 Å². The number of rotatable bonds is 4. The highest BCUT2D eigenvalue weighted by Crippen LogP contribution is 2.55. The molecule has 1 fully saturated rings. The molecule has 2 aliphatic carbocycles. The summed E-state index contributed by atoms with van der Waals surface area (Å²) in [7, 11) is 0. The third-order valence-corrected chi connectivity index (χ3v) is 5.99. The van der Waals surface area contributed by atoms with E-state index in [1.54, 1.807) is 12.2 Å². The van der Waals surface area contributed by atoms with Gasteiger partial charge in [-0.1, -0.05) is 19.4 Å². The predicted octanol–water partition coefficient (Wildman–Crippen LogP) is 4.00. The van der Waals surface area contributed by atoms with Gasteiger partial charge in [0.15, 0.2) is 11.6 Å². The second-order valence-corrected chi connectivity index (χ2v) is 8.26. The Kier molecular flexibility index (Phi) is 5.00. The molecule has 0 bridgehead atoms. The maximum absolute atomic E-state index is 12.0. The van der Waals surface area contributed by atoms with Gasteiger partial charge in [0.1, 0.15) is 0 Å². The van der Waals surface area contributed by atoms with Crippen LogP contribution in [0, 0.1) is 17.3 Å². The number of fused-ring (bicyclic) bond motifs is 1. The van der Waals surface area contributed by atoms with Crippen LogP contribution in [0.5, 0.6) is 0 Å². The molecule has 3 heteroatoms. The molecule has 0 aromatic carbocycles. The van der Waals surface area contributed by atoms with E-state index in [9.17, 15) is 14.7 Å². The van der Waals surface area contributed by atoms with E-state index in [1.165, 1.54) is 0 Å². The van der Waals surface area contributed by atoms with Crippen LogP contribution in [0.25, 0.3) is 0 Å². The van der Waals surface area contributed by atoms with Gasteiger partial charge in [0, 0.05) is 18.3 Å². The Morgan fingerprint density at radius 3 is 2.74 bits per heavy atom. The zero-order chi connectivity index (χ0) is 17.4. The van der Waals surface area contributed by atoms with Gasteiger partial charge in [0.25, 0.3) is 0 Å². The molecule has 23 heavy (non-hydrogen) atoms. The molecule has 0 heterocycles. The van der Waals surface area contributed by atoms with Gasteiger partial charge >= 0.3 is 0 Å². The summed E-state index contributed by atoms with van der Waals surface area (Å²) >= 11 is 0. The fraction of sp³-hybridized carbons (Fsp3) is 0.700. The monoisotopic (exact) mass is 318 g/mol. The minimum absolute atomic E-state index is 0.125. The fourth-order valence-electron chi connectivity index (χ4n) is 4.46. The molecule has 1 N–H and O–H groups in total. The number of allylic oxidation sites excluding steroid dienone is 3. The van der Waals surface area contributed by atoms with Gasteiger partial charge in [-0.3, -0.25) is 9.59 Å². The number of ketones is 2. The lowest BCUT2D eigenvalue weighted by atomic mass is 9.53. The SMILES string of the molecule is CC(C)=CC(=O)C[C@@H](C)[C@H]1CC[C@]2(C)CC(=O)C=C(C)[C@]2(O)C1. The zero-order valence-electron chi connectivity index (χ0n) is 15.1. The van der Waals surface area contributed by atoms with Crippen molar-refractivity contribution in [3.63, 3.8) is 0 Å². The lowest BCUT2D eigenvalue weighted by Crippen LogP contribution is -2.55. The molecule has 0 unspecified atom stereocenters. The van der Waals surface area contributed by atoms with Crippen molar-refractivity contribution in [2.75, 3.05) is 0 Å². The van der Waals surface area contributed by atoms with E-state index in [0.29, 0.717) is 25.2 Å². The summed E-state index contributed by atoms with van der Waals surface area (Å²) in [5.74, 6) is 0.861. The first-order valence-corrected chi connectivity index (χ1v) is 8.69. The highest BCUT2D eigenvalue weighted by atomic mass is 16.3. The Balaban J connectivity index is 2.15. The van der Waals surface area contributed by atoms with Crippen molar-refractivity contribution < 1.29 is 14.7 Å². The molecule has 0 aromatic rings. The molecule has 0 radical (unpaired) electrons. The van der Waals surface area contributed by atoms with Crippen molar-refractivity contribution in [3.05, 3.63) is 23.3 Å². The Morgan fingerprint density at radius 1 is 1.48 bits per heavy atom. The number of hydrogen-bond donors (Lipinski definition) is 1. The summed E-state index contributed by atoms with van der Waals surface area (Å²) in [5, 5.41) is 11.3. The minimum atomic E-state index is -0.905. The first-order valence-electron chi connectivity index (χ1n) is 8.69.